The molecular formula is C25H23F3N4O2. The molecule has 0 radical (unpaired) electrons. The van der Waals surface area contributed by atoms with Crippen molar-refractivity contribution in [2.45, 2.75) is 25.4 Å². The number of rotatable bonds is 5. The Kier molecular flexibility index (Phi) is 6.28. The summed E-state index contributed by atoms with van der Waals surface area (Å²) in [5, 5.41) is 2.56. The Balaban J connectivity index is 1.51. The lowest BCUT2D eigenvalue weighted by Gasteiger charge is -2.20. The molecule has 0 bridgehead atoms. The quantitative estimate of drug-likeness (QED) is 0.566. The number of pyridine rings is 1. The van der Waals surface area contributed by atoms with Gasteiger partial charge in [0.1, 0.15) is 5.69 Å². The predicted octanol–water partition coefficient (Wildman–Crippen LogP) is 4.75. The van der Waals surface area contributed by atoms with Gasteiger partial charge in [0.25, 0.3) is 11.8 Å². The van der Waals surface area contributed by atoms with Crippen LogP contribution in [0.1, 0.15) is 49.9 Å². The molecule has 176 valence electrons. The fraction of sp³-hybridized carbons (Fsp3) is 0.240. The van der Waals surface area contributed by atoms with Gasteiger partial charge in [-0.05, 0) is 66.9 Å². The van der Waals surface area contributed by atoms with Crippen LogP contribution in [0.2, 0.25) is 0 Å². The fourth-order valence-corrected chi connectivity index (χ4v) is 4.20. The summed E-state index contributed by atoms with van der Waals surface area (Å²) in [6.07, 6.45) is -2.10. The van der Waals surface area contributed by atoms with Gasteiger partial charge >= 0.3 is 6.18 Å². The van der Waals surface area contributed by atoms with Gasteiger partial charge < -0.3 is 16.0 Å². The Morgan fingerprint density at radius 2 is 1.91 bits per heavy atom. The second-order valence-electron chi connectivity index (χ2n) is 8.30. The van der Waals surface area contributed by atoms with Crippen molar-refractivity contribution in [2.24, 2.45) is 5.73 Å². The van der Waals surface area contributed by atoms with Crippen molar-refractivity contribution in [1.82, 2.24) is 4.98 Å². The topological polar surface area (TPSA) is 88.3 Å². The van der Waals surface area contributed by atoms with E-state index in [4.69, 9.17) is 5.73 Å². The molecule has 9 heteroatoms. The molecule has 1 fully saturated rings. The fourth-order valence-electron chi connectivity index (χ4n) is 4.20. The summed E-state index contributed by atoms with van der Waals surface area (Å²) < 4.78 is 38.9. The van der Waals surface area contributed by atoms with Crippen molar-refractivity contribution >= 4 is 23.2 Å². The highest BCUT2D eigenvalue weighted by Gasteiger charge is 2.30. The summed E-state index contributed by atoms with van der Waals surface area (Å²) in [6.45, 7) is 3.40. The molecule has 2 amide bonds. The Labute approximate surface area is 194 Å². The van der Waals surface area contributed by atoms with E-state index in [0.717, 1.165) is 41.9 Å². The number of primary amides is 1. The van der Waals surface area contributed by atoms with Crippen LogP contribution >= 0.6 is 0 Å². The lowest BCUT2D eigenvalue weighted by molar-refractivity contribution is -0.137. The van der Waals surface area contributed by atoms with E-state index in [0.29, 0.717) is 12.1 Å². The van der Waals surface area contributed by atoms with Crippen LogP contribution in [-0.2, 0) is 6.18 Å². The Morgan fingerprint density at radius 3 is 2.65 bits per heavy atom. The van der Waals surface area contributed by atoms with Gasteiger partial charge in [0.05, 0.1) is 5.56 Å². The number of carbonyl (C=O) groups excluding carboxylic acids is 2. The van der Waals surface area contributed by atoms with Gasteiger partial charge in [-0.2, -0.15) is 13.2 Å². The summed E-state index contributed by atoms with van der Waals surface area (Å²) in [7, 11) is 0. The second-order valence-corrected chi connectivity index (χ2v) is 8.30. The van der Waals surface area contributed by atoms with Crippen molar-refractivity contribution in [3.05, 3.63) is 88.7 Å². The number of aryl methyl sites for hydroxylation is 1. The molecule has 1 aliphatic rings. The molecule has 3 aromatic rings. The number of nitrogens with zero attached hydrogens (tertiary/aromatic N) is 2. The lowest BCUT2D eigenvalue weighted by Crippen LogP contribution is -2.21. The summed E-state index contributed by atoms with van der Waals surface area (Å²) >= 11 is 0. The number of amides is 2. The number of halogens is 3. The van der Waals surface area contributed by atoms with E-state index in [1.54, 1.807) is 24.4 Å². The maximum atomic E-state index is 13.0. The van der Waals surface area contributed by atoms with Gasteiger partial charge in [-0.3, -0.25) is 14.6 Å². The predicted molar refractivity (Wildman–Crippen MR) is 123 cm³/mol. The largest absolute Gasteiger partial charge is 0.416 e. The zero-order valence-electron chi connectivity index (χ0n) is 18.4. The number of alkyl halides is 3. The van der Waals surface area contributed by atoms with Gasteiger partial charge in [-0.25, -0.2) is 0 Å². The third-order valence-electron chi connectivity index (χ3n) is 5.98. The Bertz CT molecular complexity index is 1240. The second kappa shape index (κ2) is 9.17. The number of nitrogens with two attached hydrogens (primary N) is 1. The zero-order valence-corrected chi connectivity index (χ0v) is 18.4. The standard InChI is InChI=1S/C25H23F3N4O2/c1-15-5-6-16(24(34)31-19-4-2-3-18(12-19)25(26,27)28)11-21(15)17-8-10-32(14-17)20-7-9-30-22(13-20)23(29)33/h2-7,9,11-13,17H,8,10,14H2,1H3,(H2,29,33)(H,31,34). The van der Waals surface area contributed by atoms with Gasteiger partial charge in [0.15, 0.2) is 0 Å². The highest BCUT2D eigenvalue weighted by atomic mass is 19.4. The van der Waals surface area contributed by atoms with E-state index >= 15 is 0 Å². The maximum absolute atomic E-state index is 13.0. The number of anilines is 2. The van der Waals surface area contributed by atoms with Gasteiger partial charge in [0.2, 0.25) is 0 Å². The zero-order chi connectivity index (χ0) is 24.5. The number of hydrogen-bond donors (Lipinski definition) is 2. The highest BCUT2D eigenvalue weighted by Crippen LogP contribution is 2.34. The Hall–Kier alpha value is -3.88. The summed E-state index contributed by atoms with van der Waals surface area (Å²) in [4.78, 5) is 30.3. The van der Waals surface area contributed by atoms with Crippen LogP contribution in [0.4, 0.5) is 24.5 Å². The van der Waals surface area contributed by atoms with E-state index in [1.807, 2.05) is 19.1 Å². The molecule has 2 heterocycles. The lowest BCUT2D eigenvalue weighted by atomic mass is 9.92. The van der Waals surface area contributed by atoms with Gasteiger partial charge in [-0.15, -0.1) is 0 Å². The van der Waals surface area contributed by atoms with Crippen LogP contribution in [0.5, 0.6) is 0 Å². The number of aromatic nitrogens is 1. The molecule has 3 N–H and O–H groups in total. The average molecular weight is 468 g/mol. The number of carbonyl (C=O) groups is 2. The minimum atomic E-state index is -4.49. The van der Waals surface area contributed by atoms with E-state index in [2.05, 4.69) is 15.2 Å². The molecule has 0 aliphatic carbocycles. The first-order valence-electron chi connectivity index (χ1n) is 10.7. The van der Waals surface area contributed by atoms with E-state index in [1.165, 1.54) is 12.1 Å². The smallest absolute Gasteiger partial charge is 0.371 e. The number of hydrogen-bond acceptors (Lipinski definition) is 4. The van der Waals surface area contributed by atoms with Crippen molar-refractivity contribution < 1.29 is 22.8 Å². The summed E-state index contributed by atoms with van der Waals surface area (Å²) in [5.74, 6) is -0.921. The van der Waals surface area contributed by atoms with Crippen LogP contribution in [-0.4, -0.2) is 29.9 Å². The minimum absolute atomic E-state index is 0.0805. The molecule has 0 saturated carbocycles. The first-order chi connectivity index (χ1) is 16.1. The SMILES string of the molecule is Cc1ccc(C(=O)Nc2cccc(C(F)(F)F)c2)cc1C1CCN(c2ccnc(C(N)=O)c2)C1. The van der Waals surface area contributed by atoms with Crippen LogP contribution in [0.15, 0.2) is 60.8 Å². The van der Waals surface area contributed by atoms with E-state index in [9.17, 15) is 22.8 Å². The maximum Gasteiger partial charge on any atom is 0.416 e. The molecule has 1 atom stereocenters. The van der Waals surface area contributed by atoms with E-state index in [-0.39, 0.29) is 17.3 Å². The highest BCUT2D eigenvalue weighted by molar-refractivity contribution is 6.04. The monoisotopic (exact) mass is 468 g/mol. The summed E-state index contributed by atoms with van der Waals surface area (Å²) in [5.41, 5.74) is 8.04. The van der Waals surface area contributed by atoms with Crippen molar-refractivity contribution in [2.75, 3.05) is 23.3 Å². The molecule has 1 saturated heterocycles. The normalized spacial score (nSPS) is 15.9. The molecular weight excluding hydrogens is 445 g/mol. The summed E-state index contributed by atoms with van der Waals surface area (Å²) in [6, 6.07) is 13.3. The van der Waals surface area contributed by atoms with Crippen LogP contribution in [0, 0.1) is 6.92 Å². The van der Waals surface area contributed by atoms with Crippen molar-refractivity contribution in [3.8, 4) is 0 Å². The number of nitrogens with one attached hydrogen (secondary N) is 1. The molecule has 0 spiro atoms. The van der Waals surface area contributed by atoms with Crippen LogP contribution < -0.4 is 16.0 Å². The average Bonchev–Trinajstić information content (AvgIpc) is 3.29. The first kappa shape index (κ1) is 23.3. The third-order valence-corrected chi connectivity index (χ3v) is 5.98. The molecule has 34 heavy (non-hydrogen) atoms. The molecule has 2 aromatic carbocycles. The molecule has 1 aromatic heterocycles. The molecule has 6 nitrogen and oxygen atoms in total. The van der Waals surface area contributed by atoms with Crippen molar-refractivity contribution in [1.29, 1.82) is 0 Å². The number of benzene rings is 2. The van der Waals surface area contributed by atoms with Crippen molar-refractivity contribution in [3.63, 3.8) is 0 Å². The molecule has 4 rings (SSSR count). The van der Waals surface area contributed by atoms with E-state index < -0.39 is 23.6 Å². The Morgan fingerprint density at radius 1 is 1.12 bits per heavy atom. The van der Waals surface area contributed by atoms with Gasteiger partial charge in [0, 0.05) is 42.1 Å². The minimum Gasteiger partial charge on any atom is -0.371 e. The third kappa shape index (κ3) is 5.03. The van der Waals surface area contributed by atoms with Crippen LogP contribution in [0.25, 0.3) is 0 Å². The van der Waals surface area contributed by atoms with Crippen LogP contribution in [0.3, 0.4) is 0 Å². The molecule has 1 unspecified atom stereocenters. The first-order valence-corrected chi connectivity index (χ1v) is 10.7. The molecule has 1 aliphatic heterocycles. The van der Waals surface area contributed by atoms with Gasteiger partial charge in [-0.1, -0.05) is 12.1 Å².